The molecule has 1 aliphatic carbocycles. The van der Waals surface area contributed by atoms with Crippen LogP contribution in [0.25, 0.3) is 0 Å². The van der Waals surface area contributed by atoms with Crippen LogP contribution in [0, 0.1) is 0 Å². The number of hydrogen-bond donors (Lipinski definition) is 1. The van der Waals surface area contributed by atoms with Gasteiger partial charge in [0.05, 0.1) is 11.3 Å². The molecular formula is C20H23F3N2O4S. The Morgan fingerprint density at radius 1 is 1.03 bits per heavy atom. The average molecular weight is 444 g/mol. The Morgan fingerprint density at radius 3 is 2.33 bits per heavy atom. The van der Waals surface area contributed by atoms with Gasteiger partial charge in [-0.2, -0.15) is 13.2 Å². The molecule has 0 saturated heterocycles. The van der Waals surface area contributed by atoms with Crippen molar-refractivity contribution >= 4 is 10.0 Å². The van der Waals surface area contributed by atoms with E-state index in [0.29, 0.717) is 31.4 Å². The molecule has 0 spiro atoms. The monoisotopic (exact) mass is 444 g/mol. The maximum Gasteiger partial charge on any atom is 0.417 e. The van der Waals surface area contributed by atoms with Crippen LogP contribution in [-0.4, -0.2) is 37.9 Å². The second kappa shape index (κ2) is 9.65. The van der Waals surface area contributed by atoms with Crippen LogP contribution in [0.2, 0.25) is 0 Å². The van der Waals surface area contributed by atoms with E-state index in [1.54, 1.807) is 12.1 Å². The minimum absolute atomic E-state index is 0.0530. The molecule has 0 unspecified atom stereocenters. The summed E-state index contributed by atoms with van der Waals surface area (Å²) in [4.78, 5) is 3.71. The number of hydrogen-bond acceptors (Lipinski definition) is 5. The zero-order valence-corrected chi connectivity index (χ0v) is 17.0. The van der Waals surface area contributed by atoms with Crippen LogP contribution in [0.5, 0.6) is 11.6 Å². The third kappa shape index (κ3) is 6.88. The summed E-state index contributed by atoms with van der Waals surface area (Å²) in [5.74, 6) is 0.598. The number of halogens is 3. The topological polar surface area (TPSA) is 77.5 Å². The van der Waals surface area contributed by atoms with Crippen molar-refractivity contribution in [3.63, 3.8) is 0 Å². The van der Waals surface area contributed by atoms with Gasteiger partial charge in [-0.3, -0.25) is 0 Å². The lowest BCUT2D eigenvalue weighted by Gasteiger charge is -2.29. The molecular weight excluding hydrogens is 421 g/mol. The van der Waals surface area contributed by atoms with Gasteiger partial charge >= 0.3 is 6.18 Å². The van der Waals surface area contributed by atoms with Gasteiger partial charge in [0.15, 0.2) is 0 Å². The molecule has 0 radical (unpaired) electrons. The van der Waals surface area contributed by atoms with Crippen LogP contribution in [0.1, 0.15) is 31.2 Å². The van der Waals surface area contributed by atoms with E-state index in [9.17, 15) is 21.6 Å². The largest absolute Gasteiger partial charge is 0.492 e. The zero-order valence-electron chi connectivity index (χ0n) is 16.1. The summed E-state index contributed by atoms with van der Waals surface area (Å²) in [5.41, 5.74) is -0.829. The van der Waals surface area contributed by atoms with E-state index in [0.717, 1.165) is 12.3 Å². The van der Waals surface area contributed by atoms with Crippen LogP contribution in [-0.2, 0) is 16.2 Å². The van der Waals surface area contributed by atoms with Gasteiger partial charge in [0.2, 0.25) is 15.9 Å². The Labute approximate surface area is 173 Å². The molecule has 3 rings (SSSR count). The van der Waals surface area contributed by atoms with Crippen molar-refractivity contribution in [2.45, 2.75) is 44.0 Å². The molecule has 0 atom stereocenters. The van der Waals surface area contributed by atoms with Gasteiger partial charge < -0.3 is 9.47 Å². The lowest BCUT2D eigenvalue weighted by molar-refractivity contribution is -0.137. The first-order chi connectivity index (χ1) is 14.2. The lowest BCUT2D eigenvalue weighted by atomic mass is 9.94. The highest BCUT2D eigenvalue weighted by Gasteiger charge is 2.31. The number of alkyl halides is 3. The van der Waals surface area contributed by atoms with Gasteiger partial charge in [-0.05, 0) is 43.9 Å². The third-order valence-electron chi connectivity index (χ3n) is 4.74. The maximum absolute atomic E-state index is 12.6. The fourth-order valence-corrected chi connectivity index (χ4v) is 4.35. The maximum atomic E-state index is 12.6. The van der Waals surface area contributed by atoms with Crippen molar-refractivity contribution < 1.29 is 31.1 Å². The predicted molar refractivity (Wildman–Crippen MR) is 105 cm³/mol. The highest BCUT2D eigenvalue weighted by Crippen LogP contribution is 2.30. The van der Waals surface area contributed by atoms with Crippen LogP contribution < -0.4 is 14.2 Å². The van der Waals surface area contributed by atoms with Gasteiger partial charge in [-0.25, -0.2) is 18.1 Å². The number of benzene rings is 1. The van der Waals surface area contributed by atoms with Crippen molar-refractivity contribution in [2.24, 2.45) is 0 Å². The SMILES string of the molecule is O=S(=O)(CCOc1ccccc1)NC1CCC(Oc2ccc(C(F)(F)F)cn2)CC1. The molecule has 1 fully saturated rings. The molecule has 0 bridgehead atoms. The fourth-order valence-electron chi connectivity index (χ4n) is 3.19. The highest BCUT2D eigenvalue weighted by molar-refractivity contribution is 7.89. The van der Waals surface area contributed by atoms with Crippen molar-refractivity contribution in [1.29, 1.82) is 0 Å². The summed E-state index contributed by atoms with van der Waals surface area (Å²) in [5, 5.41) is 0. The molecule has 1 N–H and O–H groups in total. The Kier molecular flexibility index (Phi) is 7.19. The van der Waals surface area contributed by atoms with Gasteiger partial charge in [0, 0.05) is 18.3 Å². The summed E-state index contributed by atoms with van der Waals surface area (Å²) in [6, 6.07) is 10.9. The molecule has 1 aromatic carbocycles. The molecule has 1 saturated carbocycles. The Morgan fingerprint density at radius 2 is 1.73 bits per heavy atom. The summed E-state index contributed by atoms with van der Waals surface area (Å²) >= 11 is 0. The molecule has 2 aromatic rings. The number of rotatable bonds is 8. The third-order valence-corrected chi connectivity index (χ3v) is 6.13. The number of sulfonamides is 1. The van der Waals surface area contributed by atoms with Gasteiger partial charge in [-0.1, -0.05) is 18.2 Å². The van der Waals surface area contributed by atoms with Crippen molar-refractivity contribution in [2.75, 3.05) is 12.4 Å². The smallest absolute Gasteiger partial charge is 0.417 e. The summed E-state index contributed by atoms with van der Waals surface area (Å²) in [7, 11) is -3.48. The lowest BCUT2D eigenvalue weighted by Crippen LogP contribution is -2.41. The minimum Gasteiger partial charge on any atom is -0.492 e. The summed E-state index contributed by atoms with van der Waals surface area (Å²) in [6.07, 6.45) is -1.60. The number of ether oxygens (including phenoxy) is 2. The number of pyridine rings is 1. The quantitative estimate of drug-likeness (QED) is 0.670. The first kappa shape index (κ1) is 22.4. The predicted octanol–water partition coefficient (Wildman–Crippen LogP) is 3.79. The van der Waals surface area contributed by atoms with Gasteiger partial charge in [0.1, 0.15) is 18.5 Å². The highest BCUT2D eigenvalue weighted by atomic mass is 32.2. The summed E-state index contributed by atoms with van der Waals surface area (Å²) in [6.45, 7) is 0.0530. The van der Waals surface area contributed by atoms with Crippen molar-refractivity contribution in [3.8, 4) is 11.6 Å². The second-order valence-corrected chi connectivity index (χ2v) is 8.95. The molecule has 6 nitrogen and oxygen atoms in total. The van der Waals surface area contributed by atoms with E-state index in [-0.39, 0.29) is 30.4 Å². The molecule has 30 heavy (non-hydrogen) atoms. The number of para-hydroxylation sites is 1. The van der Waals surface area contributed by atoms with E-state index in [2.05, 4.69) is 9.71 Å². The summed E-state index contributed by atoms with van der Waals surface area (Å²) < 4.78 is 76.0. The Hall–Kier alpha value is -2.33. The van der Waals surface area contributed by atoms with E-state index in [1.807, 2.05) is 18.2 Å². The molecule has 10 heteroatoms. The Balaban J connectivity index is 1.40. The molecule has 0 amide bonds. The number of nitrogens with zero attached hydrogens (tertiary/aromatic N) is 1. The van der Waals surface area contributed by atoms with Gasteiger partial charge in [0.25, 0.3) is 0 Å². The standard InChI is InChI=1S/C20H23F3N2O4S/c21-20(22,23)15-6-11-19(24-14-15)29-18-9-7-16(8-10-18)25-30(26,27)13-12-28-17-4-2-1-3-5-17/h1-6,11,14,16,18,25H,7-10,12-13H2. The molecule has 1 aliphatic rings. The van der Waals surface area contributed by atoms with E-state index in [4.69, 9.17) is 9.47 Å². The fraction of sp³-hybridized carbons (Fsp3) is 0.450. The molecule has 1 aromatic heterocycles. The van der Waals surface area contributed by atoms with E-state index < -0.39 is 21.8 Å². The first-order valence-corrected chi connectivity index (χ1v) is 11.2. The van der Waals surface area contributed by atoms with Crippen LogP contribution in [0.4, 0.5) is 13.2 Å². The number of aromatic nitrogens is 1. The molecule has 0 aliphatic heterocycles. The van der Waals surface area contributed by atoms with E-state index >= 15 is 0 Å². The Bertz CT molecular complexity index is 898. The first-order valence-electron chi connectivity index (χ1n) is 9.59. The average Bonchev–Trinajstić information content (AvgIpc) is 2.70. The van der Waals surface area contributed by atoms with Crippen molar-refractivity contribution in [1.82, 2.24) is 9.71 Å². The van der Waals surface area contributed by atoms with Crippen LogP contribution in [0.3, 0.4) is 0 Å². The molecule has 1 heterocycles. The normalized spacial score (nSPS) is 20.0. The van der Waals surface area contributed by atoms with Crippen molar-refractivity contribution in [3.05, 3.63) is 54.2 Å². The number of nitrogens with one attached hydrogen (secondary N) is 1. The second-order valence-electron chi connectivity index (χ2n) is 7.07. The molecule has 164 valence electrons. The van der Waals surface area contributed by atoms with E-state index in [1.165, 1.54) is 6.07 Å². The van der Waals surface area contributed by atoms with Gasteiger partial charge in [-0.15, -0.1) is 0 Å². The van der Waals surface area contributed by atoms with Crippen LogP contribution in [0.15, 0.2) is 48.7 Å². The zero-order chi connectivity index (χ0) is 21.6. The minimum atomic E-state index is -4.44. The van der Waals surface area contributed by atoms with Crippen LogP contribution >= 0.6 is 0 Å².